The van der Waals surface area contributed by atoms with Gasteiger partial charge in [0.15, 0.2) is 15.9 Å². The molecule has 1 amide bonds. The second-order valence-electron chi connectivity index (χ2n) is 5.79. The first-order valence-electron chi connectivity index (χ1n) is 8.25. The summed E-state index contributed by atoms with van der Waals surface area (Å²) in [5, 5.41) is 2.65. The van der Waals surface area contributed by atoms with E-state index in [2.05, 4.69) is 5.32 Å². The first-order valence-corrected chi connectivity index (χ1v) is 10.1. The number of esters is 1. The number of hydrogen-bond acceptors (Lipinski definition) is 6. The predicted molar refractivity (Wildman–Crippen MR) is 101 cm³/mol. The van der Waals surface area contributed by atoms with E-state index < -0.39 is 27.8 Å². The summed E-state index contributed by atoms with van der Waals surface area (Å²) < 4.78 is 33.3. The molecular weight excluding hydrogens is 370 g/mol. The van der Waals surface area contributed by atoms with Gasteiger partial charge in [0.05, 0.1) is 17.1 Å². The van der Waals surface area contributed by atoms with Crippen LogP contribution in [0, 0.1) is 0 Å². The highest BCUT2D eigenvalue weighted by atomic mass is 32.2. The molecule has 0 spiro atoms. The van der Waals surface area contributed by atoms with Gasteiger partial charge in [-0.1, -0.05) is 0 Å². The summed E-state index contributed by atoms with van der Waals surface area (Å²) >= 11 is 0. The Morgan fingerprint density at radius 1 is 1.04 bits per heavy atom. The number of nitrogens with one attached hydrogen (secondary N) is 1. The van der Waals surface area contributed by atoms with Crippen molar-refractivity contribution in [1.82, 2.24) is 0 Å². The quantitative estimate of drug-likeness (QED) is 0.729. The molecular formula is C19H21NO6S. The van der Waals surface area contributed by atoms with Crippen molar-refractivity contribution in [3.05, 3.63) is 54.1 Å². The van der Waals surface area contributed by atoms with Gasteiger partial charge < -0.3 is 14.8 Å². The summed E-state index contributed by atoms with van der Waals surface area (Å²) in [7, 11) is -3.35. The Hall–Kier alpha value is -2.87. The van der Waals surface area contributed by atoms with Crippen LogP contribution in [-0.4, -0.2) is 39.3 Å². The molecule has 0 radical (unpaired) electrons. The average Bonchev–Trinajstić information content (AvgIpc) is 2.63. The monoisotopic (exact) mass is 391 g/mol. The first kappa shape index (κ1) is 20.4. The Morgan fingerprint density at radius 3 is 2.15 bits per heavy atom. The zero-order valence-corrected chi connectivity index (χ0v) is 16.1. The Balaban J connectivity index is 1.95. The molecule has 0 aliphatic rings. The SMILES string of the molecule is CCOc1ccc(NC(=O)C(C)OC(=O)c2ccc(S(C)(=O)=O)cc2)cc1. The molecule has 0 aliphatic carbocycles. The maximum atomic E-state index is 12.2. The van der Waals surface area contributed by atoms with Crippen molar-refractivity contribution in [2.75, 3.05) is 18.2 Å². The van der Waals surface area contributed by atoms with Gasteiger partial charge in [0.1, 0.15) is 5.75 Å². The van der Waals surface area contributed by atoms with Gasteiger partial charge in [-0.25, -0.2) is 13.2 Å². The lowest BCUT2D eigenvalue weighted by Crippen LogP contribution is -2.30. The lowest BCUT2D eigenvalue weighted by molar-refractivity contribution is -0.123. The molecule has 1 unspecified atom stereocenters. The van der Waals surface area contributed by atoms with E-state index in [1.165, 1.54) is 31.2 Å². The van der Waals surface area contributed by atoms with Gasteiger partial charge in [-0.2, -0.15) is 0 Å². The van der Waals surface area contributed by atoms with Gasteiger partial charge in [-0.15, -0.1) is 0 Å². The summed E-state index contributed by atoms with van der Waals surface area (Å²) in [6.45, 7) is 3.87. The highest BCUT2D eigenvalue weighted by Gasteiger charge is 2.19. The maximum Gasteiger partial charge on any atom is 0.338 e. The van der Waals surface area contributed by atoms with E-state index in [-0.39, 0.29) is 10.5 Å². The van der Waals surface area contributed by atoms with E-state index in [1.807, 2.05) is 6.92 Å². The van der Waals surface area contributed by atoms with E-state index in [0.29, 0.717) is 18.0 Å². The van der Waals surface area contributed by atoms with Crippen LogP contribution in [0.3, 0.4) is 0 Å². The van der Waals surface area contributed by atoms with Gasteiger partial charge in [-0.05, 0) is 62.4 Å². The Kier molecular flexibility index (Phi) is 6.57. The molecule has 7 nitrogen and oxygen atoms in total. The van der Waals surface area contributed by atoms with Crippen LogP contribution in [-0.2, 0) is 19.4 Å². The van der Waals surface area contributed by atoms with E-state index in [0.717, 1.165) is 6.26 Å². The van der Waals surface area contributed by atoms with E-state index in [9.17, 15) is 18.0 Å². The molecule has 2 rings (SSSR count). The predicted octanol–water partition coefficient (Wildman–Crippen LogP) is 2.67. The van der Waals surface area contributed by atoms with Crippen molar-refractivity contribution in [3.8, 4) is 5.75 Å². The summed E-state index contributed by atoms with van der Waals surface area (Å²) in [5.74, 6) is -0.517. The first-order chi connectivity index (χ1) is 12.7. The molecule has 0 saturated carbocycles. The van der Waals surface area contributed by atoms with E-state index >= 15 is 0 Å². The number of carbonyl (C=O) groups is 2. The van der Waals surface area contributed by atoms with Crippen molar-refractivity contribution in [2.24, 2.45) is 0 Å². The smallest absolute Gasteiger partial charge is 0.338 e. The molecule has 27 heavy (non-hydrogen) atoms. The number of ether oxygens (including phenoxy) is 2. The standard InChI is InChI=1S/C19H21NO6S/c1-4-25-16-9-7-15(8-10-16)20-18(21)13(2)26-19(22)14-5-11-17(12-6-14)27(3,23)24/h5-13H,4H2,1-3H3,(H,20,21). The molecule has 0 saturated heterocycles. The lowest BCUT2D eigenvalue weighted by atomic mass is 10.2. The van der Waals surface area contributed by atoms with E-state index in [4.69, 9.17) is 9.47 Å². The molecule has 1 atom stereocenters. The third kappa shape index (κ3) is 5.82. The number of anilines is 1. The number of carbonyl (C=O) groups excluding carboxylic acids is 2. The summed E-state index contributed by atoms with van der Waals surface area (Å²) in [5.41, 5.74) is 0.701. The van der Waals surface area contributed by atoms with Gasteiger partial charge >= 0.3 is 5.97 Å². The van der Waals surface area contributed by atoms with Crippen LogP contribution in [0.1, 0.15) is 24.2 Å². The van der Waals surface area contributed by atoms with Crippen molar-refractivity contribution < 1.29 is 27.5 Å². The minimum absolute atomic E-state index is 0.0975. The largest absolute Gasteiger partial charge is 0.494 e. The fourth-order valence-corrected chi connectivity index (χ4v) is 2.80. The third-order valence-corrected chi connectivity index (χ3v) is 4.73. The Labute approximate surface area is 158 Å². The number of benzene rings is 2. The minimum Gasteiger partial charge on any atom is -0.494 e. The van der Waals surface area contributed by atoms with Crippen LogP contribution in [0.4, 0.5) is 5.69 Å². The van der Waals surface area contributed by atoms with Crippen LogP contribution in [0.15, 0.2) is 53.4 Å². The second-order valence-corrected chi connectivity index (χ2v) is 7.81. The van der Waals surface area contributed by atoms with Gasteiger partial charge in [0.25, 0.3) is 5.91 Å². The molecule has 144 valence electrons. The van der Waals surface area contributed by atoms with Crippen molar-refractivity contribution >= 4 is 27.4 Å². The molecule has 0 heterocycles. The molecule has 2 aromatic rings. The molecule has 2 aromatic carbocycles. The lowest BCUT2D eigenvalue weighted by Gasteiger charge is -2.14. The van der Waals surface area contributed by atoms with Gasteiger partial charge in [0, 0.05) is 11.9 Å². The number of amides is 1. The molecule has 0 aromatic heterocycles. The summed E-state index contributed by atoms with van der Waals surface area (Å²) in [6, 6.07) is 12.1. The fourth-order valence-electron chi connectivity index (χ4n) is 2.17. The normalized spacial score (nSPS) is 12.1. The number of sulfone groups is 1. The topological polar surface area (TPSA) is 98.8 Å². The van der Waals surface area contributed by atoms with Crippen LogP contribution in [0.2, 0.25) is 0 Å². The molecule has 8 heteroatoms. The fraction of sp³-hybridized carbons (Fsp3) is 0.263. The molecule has 0 aliphatic heterocycles. The molecule has 0 fully saturated rings. The third-order valence-electron chi connectivity index (χ3n) is 3.60. The van der Waals surface area contributed by atoms with Crippen LogP contribution >= 0.6 is 0 Å². The minimum atomic E-state index is -3.35. The second kappa shape index (κ2) is 8.68. The van der Waals surface area contributed by atoms with Crippen LogP contribution in [0.25, 0.3) is 0 Å². The number of rotatable bonds is 7. The Bertz CT molecular complexity index is 904. The van der Waals surface area contributed by atoms with E-state index in [1.54, 1.807) is 24.3 Å². The summed E-state index contributed by atoms with van der Waals surface area (Å²) in [4.78, 5) is 24.4. The van der Waals surface area contributed by atoms with Crippen molar-refractivity contribution in [1.29, 1.82) is 0 Å². The van der Waals surface area contributed by atoms with Crippen LogP contribution < -0.4 is 10.1 Å². The van der Waals surface area contributed by atoms with Crippen molar-refractivity contribution in [3.63, 3.8) is 0 Å². The average molecular weight is 391 g/mol. The highest BCUT2D eigenvalue weighted by molar-refractivity contribution is 7.90. The van der Waals surface area contributed by atoms with Gasteiger partial charge in [0.2, 0.25) is 0 Å². The Morgan fingerprint density at radius 2 is 1.63 bits per heavy atom. The molecule has 0 bridgehead atoms. The highest BCUT2D eigenvalue weighted by Crippen LogP contribution is 2.16. The zero-order valence-electron chi connectivity index (χ0n) is 15.3. The number of hydrogen-bond donors (Lipinski definition) is 1. The van der Waals surface area contributed by atoms with Crippen molar-refractivity contribution in [2.45, 2.75) is 24.8 Å². The molecule has 1 N–H and O–H groups in total. The maximum absolute atomic E-state index is 12.2. The zero-order chi connectivity index (χ0) is 20.0. The van der Waals surface area contributed by atoms with Gasteiger partial charge in [-0.3, -0.25) is 4.79 Å². The van der Waals surface area contributed by atoms with Crippen LogP contribution in [0.5, 0.6) is 5.75 Å². The summed E-state index contributed by atoms with van der Waals surface area (Å²) in [6.07, 6.45) is 0.0480.